The second-order valence-electron chi connectivity index (χ2n) is 5.37. The Morgan fingerprint density at radius 3 is 2.58 bits per heavy atom. The molecule has 0 aliphatic carbocycles. The largest absolute Gasteiger partial charge is 0.497 e. The number of amides is 1. The first kappa shape index (κ1) is 17.7. The summed E-state index contributed by atoms with van der Waals surface area (Å²) >= 11 is 1.38. The summed E-state index contributed by atoms with van der Waals surface area (Å²) in [6, 6.07) is 15.1. The van der Waals surface area contributed by atoms with E-state index in [4.69, 9.17) is 9.47 Å². The van der Waals surface area contributed by atoms with Crippen LogP contribution in [0.1, 0.15) is 5.56 Å². The Balaban J connectivity index is 1.64. The highest BCUT2D eigenvalue weighted by molar-refractivity contribution is 7.14. The molecule has 1 aromatic heterocycles. The maximum Gasteiger partial charge on any atom is 0.250 e. The van der Waals surface area contributed by atoms with Crippen LogP contribution in [0.25, 0.3) is 17.3 Å². The van der Waals surface area contributed by atoms with Crippen LogP contribution in [0.5, 0.6) is 11.5 Å². The summed E-state index contributed by atoms with van der Waals surface area (Å²) < 4.78 is 10.3. The zero-order valence-corrected chi connectivity index (χ0v) is 15.2. The van der Waals surface area contributed by atoms with Crippen LogP contribution in [-0.4, -0.2) is 25.1 Å². The Bertz CT molecular complexity index is 917. The highest BCUT2D eigenvalue weighted by atomic mass is 32.1. The molecule has 0 bridgehead atoms. The minimum absolute atomic E-state index is 0.229. The van der Waals surface area contributed by atoms with Crippen LogP contribution in [0.4, 0.5) is 5.13 Å². The number of rotatable bonds is 6. The van der Waals surface area contributed by atoms with Crippen molar-refractivity contribution >= 4 is 28.5 Å². The van der Waals surface area contributed by atoms with Crippen molar-refractivity contribution in [1.82, 2.24) is 4.98 Å². The number of nitrogens with zero attached hydrogens (tertiary/aromatic N) is 1. The average Bonchev–Trinajstić information content (AvgIpc) is 3.15. The molecule has 0 spiro atoms. The van der Waals surface area contributed by atoms with Gasteiger partial charge in [0, 0.05) is 17.0 Å². The van der Waals surface area contributed by atoms with E-state index in [0.29, 0.717) is 5.13 Å². The monoisotopic (exact) mass is 366 g/mol. The number of aromatic nitrogens is 1. The Morgan fingerprint density at radius 2 is 1.85 bits per heavy atom. The molecular weight excluding hydrogens is 348 g/mol. The van der Waals surface area contributed by atoms with Gasteiger partial charge in [0.25, 0.3) is 0 Å². The normalized spacial score (nSPS) is 10.7. The van der Waals surface area contributed by atoms with E-state index in [1.54, 1.807) is 20.3 Å². The minimum atomic E-state index is -0.229. The van der Waals surface area contributed by atoms with Crippen molar-refractivity contribution in [1.29, 1.82) is 0 Å². The first-order valence-corrected chi connectivity index (χ1v) is 8.79. The Morgan fingerprint density at radius 1 is 1.08 bits per heavy atom. The average molecular weight is 366 g/mol. The summed E-state index contributed by atoms with van der Waals surface area (Å²) in [4.78, 5) is 16.5. The van der Waals surface area contributed by atoms with Crippen molar-refractivity contribution in [2.45, 2.75) is 0 Å². The molecule has 1 heterocycles. The van der Waals surface area contributed by atoms with Gasteiger partial charge < -0.3 is 9.47 Å². The maximum absolute atomic E-state index is 12.1. The first-order valence-electron chi connectivity index (χ1n) is 7.91. The third kappa shape index (κ3) is 4.49. The van der Waals surface area contributed by atoms with Crippen molar-refractivity contribution < 1.29 is 14.3 Å². The van der Waals surface area contributed by atoms with E-state index < -0.39 is 0 Å². The quantitative estimate of drug-likeness (QED) is 0.654. The SMILES string of the molecule is COc1ccc(C=CC(=O)Nc2nc(-c3cccc(OC)c3)cs2)cc1. The molecule has 3 rings (SSSR count). The summed E-state index contributed by atoms with van der Waals surface area (Å²) in [5, 5.41) is 5.23. The van der Waals surface area contributed by atoms with Crippen LogP contribution >= 0.6 is 11.3 Å². The highest BCUT2D eigenvalue weighted by Crippen LogP contribution is 2.27. The summed E-state index contributed by atoms with van der Waals surface area (Å²) in [6.45, 7) is 0. The molecule has 0 unspecified atom stereocenters. The number of nitrogens with one attached hydrogen (secondary N) is 1. The van der Waals surface area contributed by atoms with E-state index in [1.165, 1.54) is 17.4 Å². The second kappa shape index (κ2) is 8.31. The van der Waals surface area contributed by atoms with Gasteiger partial charge in [-0.2, -0.15) is 0 Å². The predicted molar refractivity (Wildman–Crippen MR) is 105 cm³/mol. The standard InChI is InChI=1S/C20H18N2O3S/c1-24-16-9-6-14(7-10-16)8-11-19(23)22-20-21-18(13-26-20)15-4-3-5-17(12-15)25-2/h3-13H,1-2H3,(H,21,22,23). The molecule has 0 atom stereocenters. The highest BCUT2D eigenvalue weighted by Gasteiger charge is 2.07. The lowest BCUT2D eigenvalue weighted by Crippen LogP contribution is -2.07. The molecule has 0 aliphatic rings. The van der Waals surface area contributed by atoms with Crippen molar-refractivity contribution in [3.63, 3.8) is 0 Å². The molecule has 0 saturated heterocycles. The van der Waals surface area contributed by atoms with Gasteiger partial charge >= 0.3 is 0 Å². The molecule has 132 valence electrons. The van der Waals surface area contributed by atoms with Gasteiger partial charge in [0.2, 0.25) is 5.91 Å². The predicted octanol–water partition coefficient (Wildman–Crippen LogP) is 4.48. The smallest absolute Gasteiger partial charge is 0.250 e. The first-order chi connectivity index (χ1) is 12.7. The minimum Gasteiger partial charge on any atom is -0.497 e. The van der Waals surface area contributed by atoms with E-state index in [-0.39, 0.29) is 5.91 Å². The fraction of sp³-hybridized carbons (Fsp3) is 0.100. The molecule has 2 aromatic carbocycles. The topological polar surface area (TPSA) is 60.5 Å². The number of carbonyl (C=O) groups excluding carboxylic acids is 1. The third-order valence-corrected chi connectivity index (χ3v) is 4.40. The molecule has 0 aliphatic heterocycles. The summed E-state index contributed by atoms with van der Waals surface area (Å²) in [5.41, 5.74) is 2.65. The van der Waals surface area contributed by atoms with Crippen LogP contribution in [0.15, 0.2) is 60.0 Å². The summed E-state index contributed by atoms with van der Waals surface area (Å²) in [6.07, 6.45) is 3.22. The van der Waals surface area contributed by atoms with Gasteiger partial charge in [-0.05, 0) is 35.9 Å². The molecular formula is C20H18N2O3S. The van der Waals surface area contributed by atoms with Crippen molar-refractivity contribution in [3.05, 3.63) is 65.6 Å². The number of carbonyl (C=O) groups is 1. The molecule has 26 heavy (non-hydrogen) atoms. The molecule has 1 N–H and O–H groups in total. The van der Waals surface area contributed by atoms with Gasteiger partial charge in [-0.1, -0.05) is 24.3 Å². The van der Waals surface area contributed by atoms with Crippen molar-refractivity contribution in [3.8, 4) is 22.8 Å². The summed E-state index contributed by atoms with van der Waals surface area (Å²) in [5.74, 6) is 1.32. The zero-order chi connectivity index (χ0) is 18.4. The fourth-order valence-electron chi connectivity index (χ4n) is 2.28. The third-order valence-electron chi connectivity index (χ3n) is 3.64. The van der Waals surface area contributed by atoms with Crippen LogP contribution in [0.2, 0.25) is 0 Å². The van der Waals surface area contributed by atoms with E-state index >= 15 is 0 Å². The molecule has 5 nitrogen and oxygen atoms in total. The molecule has 6 heteroatoms. The number of benzene rings is 2. The molecule has 1 amide bonds. The molecule has 3 aromatic rings. The van der Waals surface area contributed by atoms with Crippen molar-refractivity contribution in [2.24, 2.45) is 0 Å². The van der Waals surface area contributed by atoms with Gasteiger partial charge in [-0.25, -0.2) is 4.98 Å². The van der Waals surface area contributed by atoms with E-state index in [9.17, 15) is 4.79 Å². The van der Waals surface area contributed by atoms with Gasteiger partial charge in [-0.15, -0.1) is 11.3 Å². The summed E-state index contributed by atoms with van der Waals surface area (Å²) in [7, 11) is 3.24. The van der Waals surface area contributed by atoms with E-state index in [1.807, 2.05) is 53.9 Å². The number of methoxy groups -OCH3 is 2. The van der Waals surface area contributed by atoms with Gasteiger partial charge in [0.05, 0.1) is 19.9 Å². The number of thiazole rings is 1. The van der Waals surface area contributed by atoms with Crippen LogP contribution < -0.4 is 14.8 Å². The maximum atomic E-state index is 12.1. The molecule has 0 fully saturated rings. The Hall–Kier alpha value is -3.12. The van der Waals surface area contributed by atoms with Gasteiger partial charge in [-0.3, -0.25) is 10.1 Å². The zero-order valence-electron chi connectivity index (χ0n) is 14.4. The molecule has 0 radical (unpaired) electrons. The molecule has 0 saturated carbocycles. The lowest BCUT2D eigenvalue weighted by molar-refractivity contribution is -0.111. The Labute approximate surface area is 155 Å². The van der Waals surface area contributed by atoms with Gasteiger partial charge in [0.15, 0.2) is 5.13 Å². The van der Waals surface area contributed by atoms with Crippen LogP contribution in [0, 0.1) is 0 Å². The number of hydrogen-bond acceptors (Lipinski definition) is 5. The second-order valence-corrected chi connectivity index (χ2v) is 6.22. The van der Waals surface area contributed by atoms with Gasteiger partial charge in [0.1, 0.15) is 11.5 Å². The van der Waals surface area contributed by atoms with E-state index in [2.05, 4.69) is 10.3 Å². The van der Waals surface area contributed by atoms with Crippen molar-refractivity contribution in [2.75, 3.05) is 19.5 Å². The number of ether oxygens (including phenoxy) is 2. The number of anilines is 1. The number of hydrogen-bond donors (Lipinski definition) is 1. The fourth-order valence-corrected chi connectivity index (χ4v) is 3.00. The Kier molecular flexibility index (Phi) is 5.66. The lowest BCUT2D eigenvalue weighted by Gasteiger charge is -2.01. The van der Waals surface area contributed by atoms with E-state index in [0.717, 1.165) is 28.3 Å². The van der Waals surface area contributed by atoms with Crippen LogP contribution in [-0.2, 0) is 4.79 Å². The lowest BCUT2D eigenvalue weighted by atomic mass is 10.2. The van der Waals surface area contributed by atoms with Crippen LogP contribution in [0.3, 0.4) is 0 Å².